The molecule has 0 unspecified atom stereocenters. The fourth-order valence-electron chi connectivity index (χ4n) is 2.49. The molecule has 0 spiro atoms. The number of pyridine rings is 1. The summed E-state index contributed by atoms with van der Waals surface area (Å²) in [5.41, 5.74) is 8.22. The highest BCUT2D eigenvalue weighted by molar-refractivity contribution is 5.50. The second-order valence-electron chi connectivity index (χ2n) is 5.82. The Morgan fingerprint density at radius 2 is 1.89 bits per heavy atom. The van der Waals surface area contributed by atoms with Gasteiger partial charge in [0.25, 0.3) is 0 Å². The maximum atomic E-state index is 5.75. The van der Waals surface area contributed by atoms with Crippen LogP contribution < -0.4 is 10.6 Å². The second kappa shape index (κ2) is 5.24. The first-order valence-corrected chi connectivity index (χ1v) is 6.66. The molecule has 4 nitrogen and oxygen atoms in total. The number of aromatic nitrogens is 1. The van der Waals surface area contributed by atoms with Gasteiger partial charge < -0.3 is 10.6 Å². The quantitative estimate of drug-likeness (QED) is 0.860. The number of rotatable bonds is 2. The molecular formula is C14H24N4. The highest BCUT2D eigenvalue weighted by atomic mass is 15.3. The fourth-order valence-corrected chi connectivity index (χ4v) is 2.49. The average Bonchev–Trinajstić information content (AvgIpc) is 2.38. The van der Waals surface area contributed by atoms with Gasteiger partial charge in [0, 0.05) is 44.5 Å². The molecule has 1 fully saturated rings. The maximum absolute atomic E-state index is 5.75. The molecule has 0 bridgehead atoms. The Labute approximate surface area is 110 Å². The van der Waals surface area contributed by atoms with Crippen molar-refractivity contribution in [2.45, 2.75) is 32.9 Å². The number of anilines is 1. The summed E-state index contributed by atoms with van der Waals surface area (Å²) in [4.78, 5) is 9.29. The summed E-state index contributed by atoms with van der Waals surface area (Å²) in [5.74, 6) is 0. The highest BCUT2D eigenvalue weighted by Gasteiger charge is 2.26. The first kappa shape index (κ1) is 13.3. The van der Waals surface area contributed by atoms with E-state index in [9.17, 15) is 0 Å². The van der Waals surface area contributed by atoms with Gasteiger partial charge in [-0.05, 0) is 32.9 Å². The van der Waals surface area contributed by atoms with Gasteiger partial charge in [-0.2, -0.15) is 0 Å². The zero-order chi connectivity index (χ0) is 13.2. The van der Waals surface area contributed by atoms with Gasteiger partial charge in [0.2, 0.25) is 0 Å². The topological polar surface area (TPSA) is 45.4 Å². The monoisotopic (exact) mass is 248 g/mol. The Kier molecular flexibility index (Phi) is 3.88. The van der Waals surface area contributed by atoms with E-state index < -0.39 is 0 Å². The molecule has 2 N–H and O–H groups in total. The number of piperazine rings is 1. The normalized spacial score (nSPS) is 18.1. The van der Waals surface area contributed by atoms with E-state index in [1.54, 1.807) is 0 Å². The SMILES string of the molecule is CC(C)(C)N1CCN(c2cccnc2CN)CC1. The molecule has 4 heteroatoms. The lowest BCUT2D eigenvalue weighted by Gasteiger charge is -2.43. The van der Waals surface area contributed by atoms with Crippen molar-refractivity contribution in [2.75, 3.05) is 31.1 Å². The molecule has 1 aliphatic rings. The molecular weight excluding hydrogens is 224 g/mol. The first-order chi connectivity index (χ1) is 8.52. The Hall–Kier alpha value is -1.13. The number of nitrogens with two attached hydrogens (primary N) is 1. The summed E-state index contributed by atoms with van der Waals surface area (Å²) >= 11 is 0. The van der Waals surface area contributed by atoms with Crippen molar-refractivity contribution in [1.82, 2.24) is 9.88 Å². The van der Waals surface area contributed by atoms with Crippen LogP contribution in [-0.2, 0) is 6.54 Å². The molecule has 1 aliphatic heterocycles. The van der Waals surface area contributed by atoms with E-state index in [0.717, 1.165) is 31.9 Å². The predicted octanol–water partition coefficient (Wildman–Crippen LogP) is 1.46. The van der Waals surface area contributed by atoms with Crippen LogP contribution in [-0.4, -0.2) is 41.6 Å². The summed E-state index contributed by atoms with van der Waals surface area (Å²) in [6.45, 7) is 11.6. The van der Waals surface area contributed by atoms with Crippen molar-refractivity contribution >= 4 is 5.69 Å². The van der Waals surface area contributed by atoms with Crippen LogP contribution in [0, 0.1) is 0 Å². The van der Waals surface area contributed by atoms with Gasteiger partial charge in [0.1, 0.15) is 0 Å². The predicted molar refractivity (Wildman–Crippen MR) is 75.7 cm³/mol. The van der Waals surface area contributed by atoms with Gasteiger partial charge in [-0.25, -0.2) is 0 Å². The third-order valence-electron chi connectivity index (χ3n) is 3.63. The van der Waals surface area contributed by atoms with E-state index >= 15 is 0 Å². The van der Waals surface area contributed by atoms with Crippen LogP contribution in [0.5, 0.6) is 0 Å². The zero-order valence-electron chi connectivity index (χ0n) is 11.7. The van der Waals surface area contributed by atoms with Crippen LogP contribution in [0.2, 0.25) is 0 Å². The standard InChI is InChI=1S/C14H24N4/c1-14(2,3)18-9-7-17(8-10-18)13-5-4-6-16-12(13)11-15/h4-6H,7-11,15H2,1-3H3. The van der Waals surface area contributed by atoms with Crippen LogP contribution in [0.25, 0.3) is 0 Å². The fraction of sp³-hybridized carbons (Fsp3) is 0.643. The van der Waals surface area contributed by atoms with Crippen LogP contribution >= 0.6 is 0 Å². The van der Waals surface area contributed by atoms with Crippen molar-refractivity contribution in [3.63, 3.8) is 0 Å². The average molecular weight is 248 g/mol. The van der Waals surface area contributed by atoms with E-state index in [2.05, 4.69) is 41.6 Å². The lowest BCUT2D eigenvalue weighted by atomic mass is 10.0. The molecule has 0 aliphatic carbocycles. The molecule has 0 amide bonds. The largest absolute Gasteiger partial charge is 0.367 e. The Morgan fingerprint density at radius 1 is 1.22 bits per heavy atom. The van der Waals surface area contributed by atoms with Gasteiger partial charge in [0.15, 0.2) is 0 Å². The molecule has 0 radical (unpaired) electrons. The van der Waals surface area contributed by atoms with Gasteiger partial charge in [-0.3, -0.25) is 9.88 Å². The van der Waals surface area contributed by atoms with E-state index in [0.29, 0.717) is 6.54 Å². The summed E-state index contributed by atoms with van der Waals surface area (Å²) < 4.78 is 0. The highest BCUT2D eigenvalue weighted by Crippen LogP contribution is 2.22. The first-order valence-electron chi connectivity index (χ1n) is 6.66. The van der Waals surface area contributed by atoms with E-state index in [4.69, 9.17) is 5.73 Å². The summed E-state index contributed by atoms with van der Waals surface area (Å²) in [7, 11) is 0. The van der Waals surface area contributed by atoms with Crippen molar-refractivity contribution in [1.29, 1.82) is 0 Å². The Balaban J connectivity index is 2.06. The van der Waals surface area contributed by atoms with Crippen LogP contribution in [0.1, 0.15) is 26.5 Å². The molecule has 0 atom stereocenters. The third kappa shape index (κ3) is 2.82. The van der Waals surface area contributed by atoms with Gasteiger partial charge in [-0.15, -0.1) is 0 Å². The molecule has 1 saturated heterocycles. The van der Waals surface area contributed by atoms with Crippen molar-refractivity contribution in [3.05, 3.63) is 24.0 Å². The zero-order valence-corrected chi connectivity index (χ0v) is 11.7. The maximum Gasteiger partial charge on any atom is 0.0772 e. The molecule has 100 valence electrons. The molecule has 18 heavy (non-hydrogen) atoms. The smallest absolute Gasteiger partial charge is 0.0772 e. The summed E-state index contributed by atoms with van der Waals surface area (Å²) in [6.07, 6.45) is 1.82. The molecule has 1 aromatic heterocycles. The number of nitrogens with zero attached hydrogens (tertiary/aromatic N) is 3. The lowest BCUT2D eigenvalue weighted by Crippen LogP contribution is -2.53. The second-order valence-corrected chi connectivity index (χ2v) is 5.82. The number of hydrogen-bond donors (Lipinski definition) is 1. The Morgan fingerprint density at radius 3 is 2.44 bits per heavy atom. The van der Waals surface area contributed by atoms with Crippen LogP contribution in [0.15, 0.2) is 18.3 Å². The minimum absolute atomic E-state index is 0.262. The molecule has 0 saturated carbocycles. The van der Waals surface area contributed by atoms with E-state index in [1.165, 1.54) is 5.69 Å². The lowest BCUT2D eigenvalue weighted by molar-refractivity contribution is 0.128. The minimum Gasteiger partial charge on any atom is -0.367 e. The summed E-state index contributed by atoms with van der Waals surface area (Å²) in [5, 5.41) is 0. The summed E-state index contributed by atoms with van der Waals surface area (Å²) in [6, 6.07) is 4.12. The molecule has 0 aromatic carbocycles. The van der Waals surface area contributed by atoms with Crippen molar-refractivity contribution in [3.8, 4) is 0 Å². The Bertz CT molecular complexity index is 389. The van der Waals surface area contributed by atoms with Crippen molar-refractivity contribution in [2.24, 2.45) is 5.73 Å². The van der Waals surface area contributed by atoms with Crippen molar-refractivity contribution < 1.29 is 0 Å². The van der Waals surface area contributed by atoms with Gasteiger partial charge in [-0.1, -0.05) is 0 Å². The third-order valence-corrected chi connectivity index (χ3v) is 3.63. The van der Waals surface area contributed by atoms with Crippen LogP contribution in [0.4, 0.5) is 5.69 Å². The molecule has 1 aromatic rings. The van der Waals surface area contributed by atoms with E-state index in [1.807, 2.05) is 12.3 Å². The van der Waals surface area contributed by atoms with Gasteiger partial charge in [0.05, 0.1) is 11.4 Å². The molecule has 2 rings (SSSR count). The minimum atomic E-state index is 0.262. The van der Waals surface area contributed by atoms with E-state index in [-0.39, 0.29) is 5.54 Å². The number of hydrogen-bond acceptors (Lipinski definition) is 4. The van der Waals surface area contributed by atoms with Crippen LogP contribution in [0.3, 0.4) is 0 Å². The van der Waals surface area contributed by atoms with Gasteiger partial charge >= 0.3 is 0 Å². The molecule has 2 heterocycles.